The van der Waals surface area contributed by atoms with Gasteiger partial charge in [-0.3, -0.25) is 9.59 Å². The predicted molar refractivity (Wildman–Crippen MR) is 141 cm³/mol. The number of para-hydroxylation sites is 1. The van der Waals surface area contributed by atoms with Crippen LogP contribution in [0.3, 0.4) is 0 Å². The SMILES string of the molecule is Cc1cccc2c(C(=O)Nc3ccc(NC(=O)c4ccccc4)cc3)cc(-c3ccccc3)nc12. The van der Waals surface area contributed by atoms with Gasteiger partial charge in [0.1, 0.15) is 0 Å². The van der Waals surface area contributed by atoms with E-state index < -0.39 is 0 Å². The van der Waals surface area contributed by atoms with Crippen molar-refractivity contribution in [3.05, 3.63) is 126 Å². The molecule has 0 unspecified atom stereocenters. The quantitative estimate of drug-likeness (QED) is 0.308. The molecule has 5 rings (SSSR count). The Balaban J connectivity index is 1.40. The second-order valence-corrected chi connectivity index (χ2v) is 8.24. The summed E-state index contributed by atoms with van der Waals surface area (Å²) in [6.45, 7) is 1.99. The van der Waals surface area contributed by atoms with Gasteiger partial charge in [0.2, 0.25) is 0 Å². The van der Waals surface area contributed by atoms with Crippen LogP contribution >= 0.6 is 0 Å². The Bertz CT molecular complexity index is 1510. The van der Waals surface area contributed by atoms with Gasteiger partial charge in [-0.2, -0.15) is 0 Å². The van der Waals surface area contributed by atoms with E-state index in [2.05, 4.69) is 10.6 Å². The molecule has 0 fully saturated rings. The lowest BCUT2D eigenvalue weighted by Gasteiger charge is -2.12. The minimum atomic E-state index is -0.221. The van der Waals surface area contributed by atoms with Crippen LogP contribution in [-0.2, 0) is 0 Å². The van der Waals surface area contributed by atoms with Crippen LogP contribution in [0, 0.1) is 6.92 Å². The van der Waals surface area contributed by atoms with Crippen molar-refractivity contribution in [1.82, 2.24) is 4.98 Å². The number of benzene rings is 4. The van der Waals surface area contributed by atoms with Gasteiger partial charge in [-0.05, 0) is 55.0 Å². The zero-order chi connectivity index (χ0) is 24.2. The number of fused-ring (bicyclic) bond motifs is 1. The van der Waals surface area contributed by atoms with Crippen LogP contribution in [0.15, 0.2) is 109 Å². The van der Waals surface area contributed by atoms with Crippen LogP contribution in [0.5, 0.6) is 0 Å². The number of carbonyl (C=O) groups excluding carboxylic acids is 2. The number of hydrogen-bond acceptors (Lipinski definition) is 3. The highest BCUT2D eigenvalue weighted by molar-refractivity contribution is 6.13. The molecule has 0 radical (unpaired) electrons. The molecule has 0 aliphatic carbocycles. The van der Waals surface area contributed by atoms with Gasteiger partial charge in [0.15, 0.2) is 0 Å². The first-order chi connectivity index (χ1) is 17.1. The lowest BCUT2D eigenvalue weighted by atomic mass is 10.0. The molecule has 0 aliphatic heterocycles. The number of hydrogen-bond donors (Lipinski definition) is 2. The third-order valence-corrected chi connectivity index (χ3v) is 5.79. The topological polar surface area (TPSA) is 71.1 Å². The Morgan fingerprint density at radius 1 is 0.657 bits per heavy atom. The molecule has 0 bridgehead atoms. The molecule has 2 N–H and O–H groups in total. The highest BCUT2D eigenvalue weighted by atomic mass is 16.2. The van der Waals surface area contributed by atoms with Crippen LogP contribution in [0.4, 0.5) is 11.4 Å². The molecule has 0 spiro atoms. The number of amides is 2. The molecule has 0 atom stereocenters. The molecule has 5 nitrogen and oxygen atoms in total. The molecule has 1 heterocycles. The molecular formula is C30H23N3O2. The Labute approximate surface area is 203 Å². The number of rotatable bonds is 5. The van der Waals surface area contributed by atoms with Gasteiger partial charge < -0.3 is 10.6 Å². The monoisotopic (exact) mass is 457 g/mol. The van der Waals surface area contributed by atoms with Gasteiger partial charge in [-0.15, -0.1) is 0 Å². The molecule has 0 aliphatic rings. The summed E-state index contributed by atoms with van der Waals surface area (Å²) in [5, 5.41) is 6.65. The van der Waals surface area contributed by atoms with Crippen molar-refractivity contribution < 1.29 is 9.59 Å². The molecule has 0 saturated carbocycles. The van der Waals surface area contributed by atoms with Gasteiger partial charge >= 0.3 is 0 Å². The summed E-state index contributed by atoms with van der Waals surface area (Å²) in [7, 11) is 0. The van der Waals surface area contributed by atoms with Crippen molar-refractivity contribution in [2.45, 2.75) is 6.92 Å². The predicted octanol–water partition coefficient (Wildman–Crippen LogP) is 6.71. The van der Waals surface area contributed by atoms with Gasteiger partial charge in [-0.1, -0.05) is 66.7 Å². The Hall–Kier alpha value is -4.77. The maximum atomic E-state index is 13.4. The van der Waals surface area contributed by atoms with E-state index in [1.54, 1.807) is 36.4 Å². The fourth-order valence-corrected chi connectivity index (χ4v) is 3.96. The molecule has 35 heavy (non-hydrogen) atoms. The summed E-state index contributed by atoms with van der Waals surface area (Å²) in [5.41, 5.74) is 5.92. The number of aryl methyl sites for hydroxylation is 1. The summed E-state index contributed by atoms with van der Waals surface area (Å²) >= 11 is 0. The second kappa shape index (κ2) is 9.61. The van der Waals surface area contributed by atoms with Crippen molar-refractivity contribution in [2.24, 2.45) is 0 Å². The van der Waals surface area contributed by atoms with E-state index in [0.29, 0.717) is 22.5 Å². The molecule has 170 valence electrons. The normalized spacial score (nSPS) is 10.7. The third kappa shape index (κ3) is 4.80. The van der Waals surface area contributed by atoms with Crippen molar-refractivity contribution >= 4 is 34.1 Å². The van der Waals surface area contributed by atoms with E-state index in [1.807, 2.05) is 79.7 Å². The molecule has 1 aromatic heterocycles. The minimum Gasteiger partial charge on any atom is -0.322 e. The smallest absolute Gasteiger partial charge is 0.256 e. The maximum Gasteiger partial charge on any atom is 0.256 e. The summed E-state index contributed by atoms with van der Waals surface area (Å²) in [4.78, 5) is 30.6. The number of anilines is 2. The van der Waals surface area contributed by atoms with E-state index in [1.165, 1.54) is 0 Å². The first-order valence-corrected chi connectivity index (χ1v) is 11.3. The van der Waals surface area contributed by atoms with Gasteiger partial charge in [0.05, 0.1) is 16.8 Å². The van der Waals surface area contributed by atoms with E-state index >= 15 is 0 Å². The standard InChI is InChI=1S/C30H23N3O2/c1-20-9-8-14-25-26(19-27(33-28(20)25)21-10-4-2-5-11-21)30(35)32-24-17-15-23(16-18-24)31-29(34)22-12-6-3-7-13-22/h2-19H,1H3,(H,31,34)(H,32,35). The van der Waals surface area contributed by atoms with Crippen LogP contribution < -0.4 is 10.6 Å². The highest BCUT2D eigenvalue weighted by Gasteiger charge is 2.15. The number of aromatic nitrogens is 1. The highest BCUT2D eigenvalue weighted by Crippen LogP contribution is 2.27. The Morgan fingerprint density at radius 2 is 1.26 bits per heavy atom. The molecule has 0 saturated heterocycles. The van der Waals surface area contributed by atoms with E-state index in [9.17, 15) is 9.59 Å². The summed E-state index contributed by atoms with van der Waals surface area (Å²) in [5.74, 6) is -0.407. The molecule has 4 aromatic carbocycles. The second-order valence-electron chi connectivity index (χ2n) is 8.24. The molecular weight excluding hydrogens is 434 g/mol. The van der Waals surface area contributed by atoms with Gasteiger partial charge in [-0.25, -0.2) is 4.98 Å². The molecule has 5 aromatic rings. The van der Waals surface area contributed by atoms with Crippen LogP contribution in [0.1, 0.15) is 26.3 Å². The zero-order valence-corrected chi connectivity index (χ0v) is 19.2. The lowest BCUT2D eigenvalue weighted by molar-refractivity contribution is 0.101. The largest absolute Gasteiger partial charge is 0.322 e. The van der Waals surface area contributed by atoms with Crippen molar-refractivity contribution in [3.8, 4) is 11.3 Å². The van der Waals surface area contributed by atoms with E-state index in [-0.39, 0.29) is 11.8 Å². The van der Waals surface area contributed by atoms with Gasteiger partial charge in [0, 0.05) is 27.9 Å². The molecule has 5 heteroatoms. The van der Waals surface area contributed by atoms with Crippen molar-refractivity contribution in [3.63, 3.8) is 0 Å². The average molecular weight is 458 g/mol. The lowest BCUT2D eigenvalue weighted by Crippen LogP contribution is -2.14. The maximum absolute atomic E-state index is 13.4. The van der Waals surface area contributed by atoms with Crippen LogP contribution in [0.2, 0.25) is 0 Å². The Morgan fingerprint density at radius 3 is 1.91 bits per heavy atom. The van der Waals surface area contributed by atoms with Crippen LogP contribution in [-0.4, -0.2) is 16.8 Å². The van der Waals surface area contributed by atoms with Crippen molar-refractivity contribution in [2.75, 3.05) is 10.6 Å². The number of nitrogens with one attached hydrogen (secondary N) is 2. The third-order valence-electron chi connectivity index (χ3n) is 5.79. The summed E-state index contributed by atoms with van der Waals surface area (Å²) in [6, 6.07) is 33.6. The number of carbonyl (C=O) groups is 2. The first-order valence-electron chi connectivity index (χ1n) is 11.3. The van der Waals surface area contributed by atoms with E-state index in [4.69, 9.17) is 4.98 Å². The molecule has 2 amide bonds. The summed E-state index contributed by atoms with van der Waals surface area (Å²) in [6.07, 6.45) is 0. The average Bonchev–Trinajstić information content (AvgIpc) is 2.90. The van der Waals surface area contributed by atoms with Crippen molar-refractivity contribution in [1.29, 1.82) is 0 Å². The number of nitrogens with zero attached hydrogens (tertiary/aromatic N) is 1. The van der Waals surface area contributed by atoms with Gasteiger partial charge in [0.25, 0.3) is 11.8 Å². The minimum absolute atomic E-state index is 0.186. The summed E-state index contributed by atoms with van der Waals surface area (Å²) < 4.78 is 0. The number of pyridine rings is 1. The Kier molecular flexibility index (Phi) is 6.05. The first kappa shape index (κ1) is 22.0. The fraction of sp³-hybridized carbons (Fsp3) is 0.0333. The fourth-order valence-electron chi connectivity index (χ4n) is 3.96. The van der Waals surface area contributed by atoms with E-state index in [0.717, 1.165) is 27.7 Å². The van der Waals surface area contributed by atoms with Crippen LogP contribution in [0.25, 0.3) is 22.2 Å². The zero-order valence-electron chi connectivity index (χ0n) is 19.2.